The first kappa shape index (κ1) is 15.5. The van der Waals surface area contributed by atoms with Crippen molar-refractivity contribution in [2.45, 2.75) is 38.6 Å². The topological polar surface area (TPSA) is 29.5 Å². The molecular weight excluding hydrogens is 318 g/mol. The molecule has 0 radical (unpaired) electrons. The Hall–Kier alpha value is -0.870. The van der Waals surface area contributed by atoms with Crippen LogP contribution in [0.25, 0.3) is 0 Å². The lowest BCUT2D eigenvalue weighted by atomic mass is 9.87. The van der Waals surface area contributed by atoms with E-state index in [1.807, 2.05) is 19.1 Å². The van der Waals surface area contributed by atoms with E-state index in [1.165, 1.54) is 18.4 Å². The van der Waals surface area contributed by atoms with Crippen LogP contribution in [0, 0.1) is 0 Å². The highest BCUT2D eigenvalue weighted by atomic mass is 79.9. The predicted octanol–water partition coefficient (Wildman–Crippen LogP) is 3.71. The van der Waals surface area contributed by atoms with Gasteiger partial charge in [-0.25, -0.2) is 0 Å². The molecule has 20 heavy (non-hydrogen) atoms. The lowest BCUT2D eigenvalue weighted by Crippen LogP contribution is -2.44. The number of hydrogen-bond acceptors (Lipinski definition) is 3. The van der Waals surface area contributed by atoms with Crippen molar-refractivity contribution < 1.29 is 9.53 Å². The lowest BCUT2D eigenvalue weighted by Gasteiger charge is -2.38. The van der Waals surface area contributed by atoms with Gasteiger partial charge < -0.3 is 4.74 Å². The van der Waals surface area contributed by atoms with Gasteiger partial charge in [0.1, 0.15) is 0 Å². The molecule has 0 spiro atoms. The van der Waals surface area contributed by atoms with E-state index in [2.05, 4.69) is 39.9 Å². The number of esters is 1. The van der Waals surface area contributed by atoms with Crippen molar-refractivity contribution in [3.05, 3.63) is 34.3 Å². The molecule has 1 aromatic carbocycles. The molecule has 0 bridgehead atoms. The fourth-order valence-corrected chi connectivity index (χ4v) is 3.32. The molecule has 0 aliphatic carbocycles. The van der Waals surface area contributed by atoms with Crippen molar-refractivity contribution in [2.75, 3.05) is 19.7 Å². The van der Waals surface area contributed by atoms with E-state index in [4.69, 9.17) is 4.74 Å². The maximum absolute atomic E-state index is 12.0. The standard InChI is InChI=1S/C16H22BrNO2/c1-3-20-15(19)12-16(2,18-9-4-5-10-18)13-7-6-8-14(17)11-13/h6-8,11H,3-5,9-10,12H2,1-2H3. The van der Waals surface area contributed by atoms with Crippen molar-refractivity contribution in [1.82, 2.24) is 4.90 Å². The SMILES string of the molecule is CCOC(=O)CC(C)(c1cccc(Br)c1)N1CCCC1. The fourth-order valence-electron chi connectivity index (χ4n) is 2.92. The molecular formula is C16H22BrNO2. The van der Waals surface area contributed by atoms with E-state index in [1.54, 1.807) is 0 Å². The zero-order chi connectivity index (χ0) is 14.6. The largest absolute Gasteiger partial charge is 0.466 e. The molecule has 1 aromatic rings. The highest BCUT2D eigenvalue weighted by Crippen LogP contribution is 2.36. The monoisotopic (exact) mass is 339 g/mol. The molecule has 1 fully saturated rings. The van der Waals surface area contributed by atoms with Gasteiger partial charge in [0.15, 0.2) is 0 Å². The Morgan fingerprint density at radius 2 is 2.10 bits per heavy atom. The molecule has 0 N–H and O–H groups in total. The second kappa shape index (κ2) is 6.72. The number of hydrogen-bond donors (Lipinski definition) is 0. The zero-order valence-corrected chi connectivity index (χ0v) is 13.8. The van der Waals surface area contributed by atoms with Crippen LogP contribution in [-0.4, -0.2) is 30.6 Å². The number of carbonyl (C=O) groups is 1. The van der Waals surface area contributed by atoms with Crippen LogP contribution >= 0.6 is 15.9 Å². The van der Waals surface area contributed by atoms with Crippen LogP contribution in [0.1, 0.15) is 38.7 Å². The number of halogens is 1. The van der Waals surface area contributed by atoms with Gasteiger partial charge in [0.25, 0.3) is 0 Å². The van der Waals surface area contributed by atoms with Gasteiger partial charge in [0.05, 0.1) is 18.6 Å². The Balaban J connectivity index is 2.30. The summed E-state index contributed by atoms with van der Waals surface area (Å²) in [5, 5.41) is 0. The minimum absolute atomic E-state index is 0.123. The summed E-state index contributed by atoms with van der Waals surface area (Å²) >= 11 is 3.53. The van der Waals surface area contributed by atoms with E-state index >= 15 is 0 Å². The number of likely N-dealkylation sites (tertiary alicyclic amines) is 1. The third-order valence-corrected chi connectivity index (χ3v) is 4.54. The van der Waals surface area contributed by atoms with Gasteiger partial charge in [-0.3, -0.25) is 9.69 Å². The predicted molar refractivity (Wildman–Crippen MR) is 83.6 cm³/mol. The average molecular weight is 340 g/mol. The summed E-state index contributed by atoms with van der Waals surface area (Å²) in [4.78, 5) is 14.4. The van der Waals surface area contributed by atoms with Crippen LogP contribution in [0.2, 0.25) is 0 Å². The van der Waals surface area contributed by atoms with Gasteiger partial charge in [-0.05, 0) is 57.5 Å². The third-order valence-electron chi connectivity index (χ3n) is 4.04. The van der Waals surface area contributed by atoms with Crippen LogP contribution in [0.5, 0.6) is 0 Å². The quantitative estimate of drug-likeness (QED) is 0.766. The van der Waals surface area contributed by atoms with Crippen LogP contribution in [-0.2, 0) is 15.1 Å². The third kappa shape index (κ3) is 3.41. The van der Waals surface area contributed by atoms with Crippen molar-refractivity contribution in [2.24, 2.45) is 0 Å². The summed E-state index contributed by atoms with van der Waals surface area (Å²) in [7, 11) is 0. The first-order valence-corrected chi connectivity index (χ1v) is 8.02. The number of ether oxygens (including phenoxy) is 1. The van der Waals surface area contributed by atoms with Gasteiger partial charge in [-0.15, -0.1) is 0 Å². The highest BCUT2D eigenvalue weighted by Gasteiger charge is 2.37. The zero-order valence-electron chi connectivity index (χ0n) is 12.2. The number of rotatable bonds is 5. The van der Waals surface area contributed by atoms with Gasteiger partial charge in [-0.2, -0.15) is 0 Å². The fraction of sp³-hybridized carbons (Fsp3) is 0.562. The molecule has 1 saturated heterocycles. The first-order valence-electron chi connectivity index (χ1n) is 7.23. The highest BCUT2D eigenvalue weighted by molar-refractivity contribution is 9.10. The molecule has 1 aliphatic heterocycles. The average Bonchev–Trinajstić information content (AvgIpc) is 2.93. The Labute approximate surface area is 129 Å². The number of carbonyl (C=O) groups excluding carboxylic acids is 1. The van der Waals surface area contributed by atoms with Gasteiger partial charge in [0.2, 0.25) is 0 Å². The van der Waals surface area contributed by atoms with Gasteiger partial charge in [0, 0.05) is 4.47 Å². The minimum atomic E-state index is -0.285. The molecule has 1 aliphatic rings. The molecule has 4 heteroatoms. The molecule has 0 aromatic heterocycles. The lowest BCUT2D eigenvalue weighted by molar-refractivity contribution is -0.146. The Bertz CT molecular complexity index is 471. The molecule has 0 saturated carbocycles. The van der Waals surface area contributed by atoms with Gasteiger partial charge >= 0.3 is 5.97 Å². The van der Waals surface area contributed by atoms with Crippen LogP contribution < -0.4 is 0 Å². The molecule has 3 nitrogen and oxygen atoms in total. The minimum Gasteiger partial charge on any atom is -0.466 e. The molecule has 2 rings (SSSR count). The van der Waals surface area contributed by atoms with Crippen molar-refractivity contribution in [3.8, 4) is 0 Å². The molecule has 1 unspecified atom stereocenters. The maximum Gasteiger partial charge on any atom is 0.307 e. The summed E-state index contributed by atoms with van der Waals surface area (Å²) in [6.45, 7) is 6.53. The van der Waals surface area contributed by atoms with Crippen LogP contribution in [0.4, 0.5) is 0 Å². The van der Waals surface area contributed by atoms with E-state index < -0.39 is 0 Å². The van der Waals surface area contributed by atoms with Crippen molar-refractivity contribution >= 4 is 21.9 Å². The molecule has 1 heterocycles. The maximum atomic E-state index is 12.0. The Morgan fingerprint density at radius 1 is 1.40 bits per heavy atom. The van der Waals surface area contributed by atoms with E-state index in [0.29, 0.717) is 13.0 Å². The molecule has 0 amide bonds. The van der Waals surface area contributed by atoms with E-state index in [0.717, 1.165) is 17.6 Å². The second-order valence-electron chi connectivity index (χ2n) is 5.46. The van der Waals surface area contributed by atoms with Gasteiger partial charge in [-0.1, -0.05) is 28.1 Å². The van der Waals surface area contributed by atoms with Crippen molar-refractivity contribution in [3.63, 3.8) is 0 Å². The first-order chi connectivity index (χ1) is 9.56. The Kier molecular flexibility index (Phi) is 5.22. The summed E-state index contributed by atoms with van der Waals surface area (Å²) < 4.78 is 6.22. The summed E-state index contributed by atoms with van der Waals surface area (Å²) in [6.07, 6.45) is 2.80. The van der Waals surface area contributed by atoms with E-state index in [-0.39, 0.29) is 11.5 Å². The van der Waals surface area contributed by atoms with E-state index in [9.17, 15) is 4.79 Å². The molecule has 1 atom stereocenters. The molecule has 110 valence electrons. The second-order valence-corrected chi connectivity index (χ2v) is 6.38. The number of benzene rings is 1. The summed E-state index contributed by atoms with van der Waals surface area (Å²) in [5.41, 5.74) is 0.883. The summed E-state index contributed by atoms with van der Waals surface area (Å²) in [6, 6.07) is 8.25. The Morgan fingerprint density at radius 3 is 2.70 bits per heavy atom. The van der Waals surface area contributed by atoms with Crippen LogP contribution in [0.3, 0.4) is 0 Å². The normalized spacial score (nSPS) is 18.8. The van der Waals surface area contributed by atoms with Crippen molar-refractivity contribution in [1.29, 1.82) is 0 Å². The summed E-state index contributed by atoms with van der Waals surface area (Å²) in [5.74, 6) is -0.123. The smallest absolute Gasteiger partial charge is 0.307 e. The number of nitrogens with zero attached hydrogens (tertiary/aromatic N) is 1. The van der Waals surface area contributed by atoms with Crippen LogP contribution in [0.15, 0.2) is 28.7 Å².